The molecule has 67 heavy (non-hydrogen) atoms. The first-order valence-corrected chi connectivity index (χ1v) is 23.9. The predicted octanol–water partition coefficient (Wildman–Crippen LogP) is 3.73. The van der Waals surface area contributed by atoms with E-state index in [0.29, 0.717) is 41.2 Å². The number of ketones is 1. The monoisotopic (exact) mass is 937 g/mol. The Bertz CT molecular complexity index is 2970. The highest BCUT2D eigenvalue weighted by Gasteiger charge is 2.52. The van der Waals surface area contributed by atoms with Crippen LogP contribution in [0.3, 0.4) is 0 Å². The summed E-state index contributed by atoms with van der Waals surface area (Å²) in [5.41, 5.74) is 2.15. The third-order valence-corrected chi connectivity index (χ3v) is 15.7. The number of amides is 3. The Labute approximate surface area is 382 Å². The molecule has 3 amide bonds. The predicted molar refractivity (Wildman–Crippen MR) is 238 cm³/mol. The summed E-state index contributed by atoms with van der Waals surface area (Å²) in [5.74, 6) is -3.25. The van der Waals surface area contributed by atoms with Gasteiger partial charge in [0.2, 0.25) is 17.6 Å². The number of hydrogen-bond donors (Lipinski definition) is 3. The molecular formula is C46H46F3N11O6S. The first-order valence-electron chi connectivity index (χ1n) is 22.5. The third-order valence-electron chi connectivity index (χ3n) is 14.2. The standard InChI is InChI=1S/C46H46F3N11O6S/c47-30-7-10-59(25-30)67(65,66)55-36-4-3-35(48)39(40(36)49)41(62)34-20-51-42-33(34)16-27(17-50-42)29-18-52-45(53-19-29)46(8-9-46)58-13-11-56(12-14-58)21-26-22-57(23-26)31-1-2-32-28(15-31)24-60(44(32)64)37-5-6-38(61)54-43(37)63/h1-4,15-20,26,30,37,55H,5-14,21-25H2,(H,50,51)(H,54,61,63)/t30-,37+/m1/s1. The van der Waals surface area contributed by atoms with Crippen molar-refractivity contribution in [2.24, 2.45) is 5.92 Å². The molecule has 5 aliphatic heterocycles. The van der Waals surface area contributed by atoms with Gasteiger partial charge in [-0.3, -0.25) is 34.1 Å². The van der Waals surface area contributed by atoms with E-state index >= 15 is 8.78 Å². The average Bonchev–Trinajstić information content (AvgIpc) is 3.62. The van der Waals surface area contributed by atoms with E-state index in [-0.39, 0.29) is 47.7 Å². The van der Waals surface area contributed by atoms with Crippen molar-refractivity contribution in [3.8, 4) is 11.1 Å². The number of piperazine rings is 1. The van der Waals surface area contributed by atoms with E-state index in [4.69, 9.17) is 9.97 Å². The van der Waals surface area contributed by atoms with Crippen molar-refractivity contribution in [1.29, 1.82) is 0 Å². The largest absolute Gasteiger partial charge is 0.371 e. The van der Waals surface area contributed by atoms with Crippen LogP contribution in [0.4, 0.5) is 24.5 Å². The number of carbonyl (C=O) groups is 4. The van der Waals surface area contributed by atoms with Gasteiger partial charge < -0.3 is 19.7 Å². The maximum atomic E-state index is 15.8. The van der Waals surface area contributed by atoms with Crippen molar-refractivity contribution in [1.82, 2.24) is 44.3 Å². The number of piperidine rings is 1. The van der Waals surface area contributed by atoms with E-state index in [1.165, 1.54) is 6.20 Å². The fourth-order valence-corrected chi connectivity index (χ4v) is 11.6. The molecule has 8 heterocycles. The minimum atomic E-state index is -4.37. The van der Waals surface area contributed by atoms with E-state index in [2.05, 4.69) is 36.1 Å². The molecule has 6 aliphatic rings. The third kappa shape index (κ3) is 7.80. The quantitative estimate of drug-likeness (QED) is 0.121. The van der Waals surface area contributed by atoms with E-state index in [1.807, 2.05) is 16.9 Å². The summed E-state index contributed by atoms with van der Waals surface area (Å²) in [6, 6.07) is 8.60. The number of fused-ring (bicyclic) bond motifs is 2. The van der Waals surface area contributed by atoms with Gasteiger partial charge in [0.15, 0.2) is 5.82 Å². The summed E-state index contributed by atoms with van der Waals surface area (Å²) < 4.78 is 73.2. The van der Waals surface area contributed by atoms with E-state index < -0.39 is 63.5 Å². The summed E-state index contributed by atoms with van der Waals surface area (Å²) in [6.45, 7) is 6.27. The molecule has 11 rings (SSSR count). The Morgan fingerprint density at radius 2 is 1.66 bits per heavy atom. The number of imide groups is 1. The highest BCUT2D eigenvalue weighted by atomic mass is 32.2. The van der Waals surface area contributed by atoms with Gasteiger partial charge in [0, 0.05) is 136 Å². The van der Waals surface area contributed by atoms with E-state index in [0.717, 1.165) is 92.2 Å². The molecule has 21 heteroatoms. The second-order valence-electron chi connectivity index (χ2n) is 18.4. The van der Waals surface area contributed by atoms with Crippen molar-refractivity contribution in [2.75, 3.05) is 68.5 Å². The van der Waals surface area contributed by atoms with Crippen LogP contribution in [0.15, 0.2) is 61.2 Å². The lowest BCUT2D eigenvalue weighted by Gasteiger charge is -2.45. The van der Waals surface area contributed by atoms with Crippen molar-refractivity contribution in [3.63, 3.8) is 0 Å². The number of carbonyl (C=O) groups excluding carboxylic acids is 4. The zero-order chi connectivity index (χ0) is 46.4. The molecule has 0 spiro atoms. The van der Waals surface area contributed by atoms with Crippen molar-refractivity contribution < 1.29 is 40.8 Å². The van der Waals surface area contributed by atoms with Gasteiger partial charge in [-0.2, -0.15) is 12.7 Å². The van der Waals surface area contributed by atoms with Crippen molar-refractivity contribution in [3.05, 3.63) is 101 Å². The first kappa shape index (κ1) is 43.3. The molecule has 1 aliphatic carbocycles. The molecule has 0 radical (unpaired) electrons. The number of aromatic nitrogens is 4. The first-order chi connectivity index (χ1) is 32.2. The Balaban J connectivity index is 0.701. The molecule has 2 atom stereocenters. The summed E-state index contributed by atoms with van der Waals surface area (Å²) in [7, 11) is -4.37. The lowest BCUT2D eigenvalue weighted by Crippen LogP contribution is -2.56. The fraction of sp³-hybridized carbons (Fsp3) is 0.413. The minimum absolute atomic E-state index is 0.00337. The normalized spacial score (nSPS) is 22.6. The highest BCUT2D eigenvalue weighted by molar-refractivity contribution is 7.90. The zero-order valence-corrected chi connectivity index (χ0v) is 37.0. The molecule has 3 aromatic heterocycles. The second kappa shape index (κ2) is 16.5. The smallest absolute Gasteiger partial charge is 0.301 e. The summed E-state index contributed by atoms with van der Waals surface area (Å²) in [4.78, 5) is 76.9. The Morgan fingerprint density at radius 3 is 2.37 bits per heavy atom. The van der Waals surface area contributed by atoms with Gasteiger partial charge in [-0.25, -0.2) is 28.1 Å². The van der Waals surface area contributed by atoms with Crippen molar-refractivity contribution in [2.45, 2.75) is 56.4 Å². The van der Waals surface area contributed by atoms with Crippen LogP contribution < -0.4 is 14.9 Å². The highest BCUT2D eigenvalue weighted by Crippen LogP contribution is 2.50. The van der Waals surface area contributed by atoms with Gasteiger partial charge in [-0.1, -0.05) is 0 Å². The number of nitrogens with one attached hydrogen (secondary N) is 3. The molecule has 17 nitrogen and oxygen atoms in total. The summed E-state index contributed by atoms with van der Waals surface area (Å²) >= 11 is 0. The lowest BCUT2D eigenvalue weighted by molar-refractivity contribution is -0.136. The van der Waals surface area contributed by atoms with Crippen LogP contribution >= 0.6 is 0 Å². The van der Waals surface area contributed by atoms with Gasteiger partial charge in [-0.15, -0.1) is 0 Å². The van der Waals surface area contributed by atoms with Gasteiger partial charge in [0.25, 0.3) is 5.91 Å². The van der Waals surface area contributed by atoms with Crippen LogP contribution in [0.2, 0.25) is 0 Å². The molecule has 0 bridgehead atoms. The lowest BCUT2D eigenvalue weighted by atomic mass is 9.97. The summed E-state index contributed by atoms with van der Waals surface area (Å²) in [5, 5.41) is 2.64. The molecule has 0 unspecified atom stereocenters. The number of alkyl halides is 1. The van der Waals surface area contributed by atoms with Crippen LogP contribution in [-0.4, -0.2) is 142 Å². The average molecular weight is 938 g/mol. The van der Waals surface area contributed by atoms with Crippen LogP contribution in [0.1, 0.15) is 69.8 Å². The Kier molecular flexibility index (Phi) is 10.7. The minimum Gasteiger partial charge on any atom is -0.371 e. The van der Waals surface area contributed by atoms with Crippen LogP contribution in [0.25, 0.3) is 22.2 Å². The van der Waals surface area contributed by atoms with E-state index in [1.54, 1.807) is 29.6 Å². The van der Waals surface area contributed by atoms with Gasteiger partial charge in [-0.05, 0) is 67.6 Å². The number of H-pyrrole nitrogens is 1. The van der Waals surface area contributed by atoms with Crippen LogP contribution in [-0.2, 0) is 31.9 Å². The molecule has 4 saturated heterocycles. The fourth-order valence-electron chi connectivity index (χ4n) is 10.3. The zero-order valence-electron chi connectivity index (χ0n) is 36.2. The number of nitrogens with zero attached hydrogens (tertiary/aromatic N) is 8. The number of halogens is 3. The Hall–Kier alpha value is -6.29. The number of rotatable bonds is 12. The molecule has 348 valence electrons. The summed E-state index contributed by atoms with van der Waals surface area (Å²) in [6.07, 6.45) is 7.39. The molecule has 2 aromatic carbocycles. The van der Waals surface area contributed by atoms with Crippen LogP contribution in [0, 0.1) is 17.6 Å². The number of benzene rings is 2. The molecular weight excluding hydrogens is 892 g/mol. The van der Waals surface area contributed by atoms with E-state index in [9.17, 15) is 32.0 Å². The number of hydrogen-bond acceptors (Lipinski definition) is 12. The topological polar surface area (TPSA) is 197 Å². The molecule has 5 aromatic rings. The number of aromatic amines is 1. The maximum Gasteiger partial charge on any atom is 0.301 e. The van der Waals surface area contributed by atoms with Crippen molar-refractivity contribution >= 4 is 56.1 Å². The molecule has 3 N–H and O–H groups in total. The van der Waals surface area contributed by atoms with Crippen LogP contribution in [0.5, 0.6) is 0 Å². The van der Waals surface area contributed by atoms with Gasteiger partial charge >= 0.3 is 10.2 Å². The Morgan fingerprint density at radius 1 is 0.896 bits per heavy atom. The van der Waals surface area contributed by atoms with Gasteiger partial charge in [0.05, 0.1) is 16.8 Å². The maximum absolute atomic E-state index is 15.8. The number of pyridine rings is 1. The van der Waals surface area contributed by atoms with Gasteiger partial charge in [0.1, 0.15) is 29.5 Å². The number of anilines is 2. The molecule has 1 saturated carbocycles. The SMILES string of the molecule is O=C1CC[C@H](N2Cc3cc(N4CC(CN5CCN(C6(c7ncc(-c8cnc9[nH]cc(C(=O)c%10c(F)ccc(NS(=O)(=O)N%11CC[C@@H](F)C%11)c%10F)c9c8)cn7)CC6)CC5)C4)ccc3C2=O)C(=O)N1. The second-order valence-corrected chi connectivity index (χ2v) is 20.1. The molecule has 5 fully saturated rings.